The Morgan fingerprint density at radius 2 is 1.72 bits per heavy atom. The van der Waals surface area contributed by atoms with Crippen LogP contribution in [-0.4, -0.2) is 35.6 Å². The van der Waals surface area contributed by atoms with Crippen LogP contribution >= 0.6 is 0 Å². The SMILES string of the molecule is CCC1(CC)CNC2(CCCC2)CN1CC(C)C. The van der Waals surface area contributed by atoms with Gasteiger partial charge in [0.05, 0.1) is 0 Å². The molecule has 18 heavy (non-hydrogen) atoms. The van der Waals surface area contributed by atoms with Crippen LogP contribution in [-0.2, 0) is 0 Å². The summed E-state index contributed by atoms with van der Waals surface area (Å²) in [5.74, 6) is 0.777. The Morgan fingerprint density at radius 3 is 2.22 bits per heavy atom. The van der Waals surface area contributed by atoms with Gasteiger partial charge in [0.25, 0.3) is 0 Å². The van der Waals surface area contributed by atoms with E-state index < -0.39 is 0 Å². The number of nitrogens with zero attached hydrogens (tertiary/aromatic N) is 1. The van der Waals surface area contributed by atoms with Crippen molar-refractivity contribution >= 4 is 0 Å². The smallest absolute Gasteiger partial charge is 0.0329 e. The maximum absolute atomic E-state index is 3.95. The third-order valence-corrected chi connectivity index (χ3v) is 5.42. The van der Waals surface area contributed by atoms with Gasteiger partial charge in [-0.1, -0.05) is 40.5 Å². The number of hydrogen-bond donors (Lipinski definition) is 1. The predicted octanol–water partition coefficient (Wildman–Crippen LogP) is 3.42. The molecule has 2 aliphatic rings. The van der Waals surface area contributed by atoms with E-state index in [-0.39, 0.29) is 0 Å². The number of rotatable bonds is 4. The summed E-state index contributed by atoms with van der Waals surface area (Å²) < 4.78 is 0. The van der Waals surface area contributed by atoms with Gasteiger partial charge in [0.2, 0.25) is 0 Å². The molecule has 0 atom stereocenters. The molecule has 1 aliphatic carbocycles. The second-order valence-electron chi connectivity index (χ2n) is 7.05. The Balaban J connectivity index is 2.14. The molecule has 0 radical (unpaired) electrons. The Morgan fingerprint density at radius 1 is 1.11 bits per heavy atom. The van der Waals surface area contributed by atoms with Crippen molar-refractivity contribution < 1.29 is 0 Å². The van der Waals surface area contributed by atoms with Crippen molar-refractivity contribution in [2.24, 2.45) is 5.92 Å². The van der Waals surface area contributed by atoms with E-state index in [4.69, 9.17) is 0 Å². The summed E-state index contributed by atoms with van der Waals surface area (Å²) in [6.07, 6.45) is 8.19. The molecule has 1 heterocycles. The third-order valence-electron chi connectivity index (χ3n) is 5.42. The van der Waals surface area contributed by atoms with Gasteiger partial charge >= 0.3 is 0 Å². The maximum Gasteiger partial charge on any atom is 0.0329 e. The zero-order valence-corrected chi connectivity index (χ0v) is 12.9. The van der Waals surface area contributed by atoms with Crippen LogP contribution < -0.4 is 5.32 Å². The highest BCUT2D eigenvalue weighted by molar-refractivity contribution is 5.06. The average Bonchev–Trinajstić information content (AvgIpc) is 2.78. The van der Waals surface area contributed by atoms with E-state index in [9.17, 15) is 0 Å². The summed E-state index contributed by atoms with van der Waals surface area (Å²) in [6, 6.07) is 0. The molecule has 2 heteroatoms. The molecule has 106 valence electrons. The van der Waals surface area contributed by atoms with Crippen molar-refractivity contribution in [2.45, 2.75) is 77.3 Å². The molecule has 1 saturated carbocycles. The van der Waals surface area contributed by atoms with Crippen molar-refractivity contribution in [3.63, 3.8) is 0 Å². The molecule has 1 aliphatic heterocycles. The first kappa shape index (κ1) is 14.3. The molecule has 2 fully saturated rings. The lowest BCUT2D eigenvalue weighted by molar-refractivity contribution is -0.00766. The van der Waals surface area contributed by atoms with Crippen LogP contribution in [0.3, 0.4) is 0 Å². The topological polar surface area (TPSA) is 15.3 Å². The fourth-order valence-electron chi connectivity index (χ4n) is 4.09. The van der Waals surface area contributed by atoms with Crippen LogP contribution in [0.4, 0.5) is 0 Å². The van der Waals surface area contributed by atoms with Gasteiger partial charge in [-0.05, 0) is 31.6 Å². The highest BCUT2D eigenvalue weighted by Gasteiger charge is 2.46. The lowest BCUT2D eigenvalue weighted by Gasteiger charge is -2.54. The van der Waals surface area contributed by atoms with Crippen LogP contribution in [0.15, 0.2) is 0 Å². The van der Waals surface area contributed by atoms with Crippen LogP contribution in [0.1, 0.15) is 66.2 Å². The summed E-state index contributed by atoms with van der Waals surface area (Å²) in [5, 5.41) is 3.95. The summed E-state index contributed by atoms with van der Waals surface area (Å²) >= 11 is 0. The van der Waals surface area contributed by atoms with Gasteiger partial charge in [-0.15, -0.1) is 0 Å². The van der Waals surface area contributed by atoms with Crippen molar-refractivity contribution in [3.05, 3.63) is 0 Å². The van der Waals surface area contributed by atoms with E-state index in [1.807, 2.05) is 0 Å². The van der Waals surface area contributed by atoms with Crippen molar-refractivity contribution in [3.8, 4) is 0 Å². The highest BCUT2D eigenvalue weighted by Crippen LogP contribution is 2.38. The fourth-order valence-corrected chi connectivity index (χ4v) is 4.09. The number of hydrogen-bond acceptors (Lipinski definition) is 2. The van der Waals surface area contributed by atoms with Crippen LogP contribution in [0.5, 0.6) is 0 Å². The summed E-state index contributed by atoms with van der Waals surface area (Å²) in [4.78, 5) is 2.83. The van der Waals surface area contributed by atoms with Gasteiger partial charge in [-0.25, -0.2) is 0 Å². The van der Waals surface area contributed by atoms with E-state index in [0.29, 0.717) is 11.1 Å². The Hall–Kier alpha value is -0.0800. The van der Waals surface area contributed by atoms with E-state index in [1.165, 1.54) is 58.2 Å². The quantitative estimate of drug-likeness (QED) is 0.825. The zero-order valence-electron chi connectivity index (χ0n) is 12.9. The third kappa shape index (κ3) is 2.60. The minimum absolute atomic E-state index is 0.415. The minimum atomic E-state index is 0.415. The molecule has 0 aromatic heterocycles. The highest BCUT2D eigenvalue weighted by atomic mass is 15.3. The molecule has 1 saturated heterocycles. The standard InChI is InChI=1S/C16H32N2/c1-5-16(6-2)12-17-15(9-7-8-10-15)13-18(16)11-14(3)4/h14,17H,5-13H2,1-4H3. The molecular formula is C16H32N2. The van der Waals surface area contributed by atoms with E-state index in [0.717, 1.165) is 5.92 Å². The van der Waals surface area contributed by atoms with Crippen LogP contribution in [0, 0.1) is 5.92 Å². The van der Waals surface area contributed by atoms with Crippen molar-refractivity contribution in [2.75, 3.05) is 19.6 Å². The van der Waals surface area contributed by atoms with E-state index in [2.05, 4.69) is 37.9 Å². The van der Waals surface area contributed by atoms with Crippen molar-refractivity contribution in [1.29, 1.82) is 0 Å². The maximum atomic E-state index is 3.95. The number of nitrogens with one attached hydrogen (secondary N) is 1. The first-order valence-electron chi connectivity index (χ1n) is 8.06. The summed E-state index contributed by atoms with van der Waals surface area (Å²) in [5.41, 5.74) is 0.876. The van der Waals surface area contributed by atoms with Gasteiger partial charge in [0, 0.05) is 30.7 Å². The van der Waals surface area contributed by atoms with Gasteiger partial charge in [-0.2, -0.15) is 0 Å². The molecule has 0 aromatic carbocycles. The Kier molecular flexibility index (Phi) is 4.38. The average molecular weight is 252 g/mol. The Labute approximate surface area is 114 Å². The van der Waals surface area contributed by atoms with Crippen LogP contribution in [0.25, 0.3) is 0 Å². The monoisotopic (exact) mass is 252 g/mol. The van der Waals surface area contributed by atoms with Gasteiger partial charge in [0.15, 0.2) is 0 Å². The van der Waals surface area contributed by atoms with E-state index in [1.54, 1.807) is 0 Å². The normalized spacial score (nSPS) is 27.2. The van der Waals surface area contributed by atoms with Gasteiger partial charge < -0.3 is 5.32 Å². The minimum Gasteiger partial charge on any atom is -0.308 e. The molecule has 0 aromatic rings. The molecule has 0 unspecified atom stereocenters. The molecular weight excluding hydrogens is 220 g/mol. The van der Waals surface area contributed by atoms with Crippen molar-refractivity contribution in [1.82, 2.24) is 10.2 Å². The zero-order chi connectivity index (χ0) is 13.2. The lowest BCUT2D eigenvalue weighted by atomic mass is 9.81. The summed E-state index contributed by atoms with van der Waals surface area (Å²) in [6.45, 7) is 13.2. The van der Waals surface area contributed by atoms with Gasteiger partial charge in [0.1, 0.15) is 0 Å². The largest absolute Gasteiger partial charge is 0.308 e. The van der Waals surface area contributed by atoms with Gasteiger partial charge in [-0.3, -0.25) is 4.90 Å². The molecule has 0 bridgehead atoms. The first-order chi connectivity index (χ1) is 8.56. The first-order valence-corrected chi connectivity index (χ1v) is 8.06. The molecule has 2 nitrogen and oxygen atoms in total. The van der Waals surface area contributed by atoms with E-state index >= 15 is 0 Å². The molecule has 1 spiro atoms. The second kappa shape index (κ2) is 5.50. The molecule has 2 rings (SSSR count). The van der Waals surface area contributed by atoms with Crippen LogP contribution in [0.2, 0.25) is 0 Å². The number of piperazine rings is 1. The molecule has 1 N–H and O–H groups in total. The predicted molar refractivity (Wildman–Crippen MR) is 78.9 cm³/mol. The molecule has 0 amide bonds. The lowest BCUT2D eigenvalue weighted by Crippen LogP contribution is -2.69. The second-order valence-corrected chi connectivity index (χ2v) is 7.05. The fraction of sp³-hybridized carbons (Fsp3) is 1.00. The Bertz CT molecular complexity index is 262. The summed E-state index contributed by atoms with van der Waals surface area (Å²) in [7, 11) is 0.